The smallest absolute Gasteiger partial charge is 0.318 e. The van der Waals surface area contributed by atoms with Crippen LogP contribution in [0.3, 0.4) is 0 Å². The molecule has 3 aromatic heterocycles. The lowest BCUT2D eigenvalue weighted by Crippen LogP contribution is -2.30. The zero-order chi connectivity index (χ0) is 56.2. The van der Waals surface area contributed by atoms with Crippen LogP contribution in [0.1, 0.15) is 150 Å². The Hall–Kier alpha value is -7.20. The number of nitrogens with two attached hydrogens (primary N) is 3. The van der Waals surface area contributed by atoms with Gasteiger partial charge in [0, 0.05) is 49.4 Å². The summed E-state index contributed by atoms with van der Waals surface area (Å²) in [5.41, 5.74) is 41.0. The number of benzene rings is 3. The van der Waals surface area contributed by atoms with Crippen molar-refractivity contribution < 1.29 is 14.2 Å². The molecule has 0 fully saturated rings. The maximum atomic E-state index is 6.18. The fourth-order valence-electron chi connectivity index (χ4n) is 11.6. The molecule has 12 rings (SSSR count). The highest BCUT2D eigenvalue weighted by Gasteiger charge is 2.26. The Morgan fingerprint density at radius 3 is 1.32 bits per heavy atom. The molecule has 3 aromatic carbocycles. The number of rotatable bonds is 19. The van der Waals surface area contributed by atoms with E-state index in [2.05, 4.69) is 153 Å². The second-order valence-corrected chi connectivity index (χ2v) is 22.4. The van der Waals surface area contributed by atoms with Gasteiger partial charge in [0.1, 0.15) is 17.5 Å². The van der Waals surface area contributed by atoms with Crippen molar-refractivity contribution in [1.82, 2.24) is 45.0 Å². The van der Waals surface area contributed by atoms with Gasteiger partial charge in [0.25, 0.3) is 0 Å². The van der Waals surface area contributed by atoms with Crippen LogP contribution in [-0.4, -0.2) is 92.8 Å². The minimum atomic E-state index is 0.402. The van der Waals surface area contributed by atoms with Crippen LogP contribution in [0.15, 0.2) is 72.8 Å². The number of unbranched alkanes of at least 4 members (excludes halogenated alkanes) is 3. The molecule has 0 radical (unpaired) electrons. The summed E-state index contributed by atoms with van der Waals surface area (Å²) in [5, 5.41) is 3.42. The maximum absolute atomic E-state index is 6.18. The van der Waals surface area contributed by atoms with E-state index in [4.69, 9.17) is 31.4 Å². The Kier molecular flexibility index (Phi) is 19.0. The minimum Gasteiger partial charge on any atom is -0.463 e. The van der Waals surface area contributed by atoms with Gasteiger partial charge in [-0.3, -0.25) is 4.90 Å². The summed E-state index contributed by atoms with van der Waals surface area (Å²) >= 11 is 0. The van der Waals surface area contributed by atoms with E-state index < -0.39 is 0 Å². The molecule has 0 amide bonds. The molecular formula is C66H84N12O3. The van der Waals surface area contributed by atoms with Crippen LogP contribution < -0.4 is 36.7 Å². The highest BCUT2D eigenvalue weighted by molar-refractivity contribution is 5.77. The molecule has 81 heavy (non-hydrogen) atoms. The summed E-state index contributed by atoms with van der Waals surface area (Å²) in [7, 11) is 2.18. The number of fused-ring (bicyclic) bond motifs is 6. The summed E-state index contributed by atoms with van der Waals surface area (Å²) in [6.07, 6.45) is 21.3. The first-order valence-corrected chi connectivity index (χ1v) is 29.9. The van der Waals surface area contributed by atoms with Crippen molar-refractivity contribution in [3.8, 4) is 18.0 Å². The summed E-state index contributed by atoms with van der Waals surface area (Å²) in [6.45, 7) is 18.1. The van der Waals surface area contributed by atoms with Gasteiger partial charge in [0.2, 0.25) is 0 Å². The summed E-state index contributed by atoms with van der Waals surface area (Å²) in [4.78, 5) is 31.9. The molecule has 0 saturated heterocycles. The number of ether oxygens (including phenoxy) is 3. The first-order valence-electron chi connectivity index (χ1n) is 29.9. The number of hydrogen-bond acceptors (Lipinski definition) is 15. The summed E-state index contributed by atoms with van der Waals surface area (Å²) in [6, 6.07) is 21.9. The van der Waals surface area contributed by atoms with Crippen LogP contribution in [0, 0.1) is 0 Å². The van der Waals surface area contributed by atoms with Gasteiger partial charge in [-0.05, 0) is 164 Å². The Labute approximate surface area is 480 Å². The number of nitrogen functional groups attached to an aromatic ring is 3. The van der Waals surface area contributed by atoms with E-state index in [9.17, 15) is 0 Å². The Morgan fingerprint density at radius 2 is 0.889 bits per heavy atom. The van der Waals surface area contributed by atoms with E-state index in [1.807, 2.05) is 0 Å². The van der Waals surface area contributed by atoms with Crippen LogP contribution in [-0.2, 0) is 77.4 Å². The van der Waals surface area contributed by atoms with Gasteiger partial charge in [-0.2, -0.15) is 29.9 Å². The zero-order valence-corrected chi connectivity index (χ0v) is 48.6. The molecule has 3 aliphatic carbocycles. The molecule has 6 aliphatic rings. The van der Waals surface area contributed by atoms with Gasteiger partial charge < -0.3 is 41.6 Å². The van der Waals surface area contributed by atoms with Gasteiger partial charge in [0.15, 0.2) is 0 Å². The normalized spacial score (nSPS) is 15.7. The number of likely N-dealkylation sites (N-methyl/N-ethyl adjacent to an activating group) is 2. The van der Waals surface area contributed by atoms with Crippen LogP contribution in [0.2, 0.25) is 0 Å². The van der Waals surface area contributed by atoms with Crippen molar-refractivity contribution in [3.63, 3.8) is 0 Å². The fourth-order valence-corrected chi connectivity index (χ4v) is 11.6. The molecule has 3 aliphatic heterocycles. The zero-order valence-electron chi connectivity index (χ0n) is 48.6. The Morgan fingerprint density at radius 1 is 0.481 bits per heavy atom. The van der Waals surface area contributed by atoms with Gasteiger partial charge in [-0.1, -0.05) is 120 Å². The Balaban J connectivity index is 0.000000136. The van der Waals surface area contributed by atoms with Crippen molar-refractivity contribution in [2.75, 3.05) is 70.2 Å². The van der Waals surface area contributed by atoms with Crippen LogP contribution in [0.4, 0.5) is 17.5 Å². The average Bonchev–Trinajstić information content (AvgIpc) is 4.29. The number of hydrogen-bond donors (Lipinski definition) is 4. The predicted octanol–water partition coefficient (Wildman–Crippen LogP) is 10.3. The van der Waals surface area contributed by atoms with E-state index in [0.717, 1.165) is 176 Å². The topological polar surface area (TPSA) is 202 Å². The van der Waals surface area contributed by atoms with Gasteiger partial charge in [-0.25, -0.2) is 0 Å². The minimum absolute atomic E-state index is 0.402. The monoisotopic (exact) mass is 1090 g/mol. The quantitative estimate of drug-likeness (QED) is 0.0558. The molecule has 6 aromatic rings. The molecule has 0 atom stereocenters. The first-order chi connectivity index (χ1) is 39.6. The third kappa shape index (κ3) is 14.1. The molecule has 0 spiro atoms. The van der Waals surface area contributed by atoms with Crippen molar-refractivity contribution in [3.05, 3.63) is 157 Å². The van der Waals surface area contributed by atoms with E-state index >= 15 is 0 Å². The molecule has 426 valence electrons. The van der Waals surface area contributed by atoms with Crippen molar-refractivity contribution >= 4 is 34.2 Å². The lowest BCUT2D eigenvalue weighted by atomic mass is 9.94. The van der Waals surface area contributed by atoms with Gasteiger partial charge in [-0.15, -0.1) is 0 Å². The van der Waals surface area contributed by atoms with Crippen LogP contribution in [0.5, 0.6) is 18.0 Å². The maximum Gasteiger partial charge on any atom is 0.318 e. The third-order valence-electron chi connectivity index (χ3n) is 16.4. The summed E-state index contributed by atoms with van der Waals surface area (Å²) in [5.74, 6) is 1.64. The lowest BCUT2D eigenvalue weighted by molar-refractivity contribution is 0.268. The lowest BCUT2D eigenvalue weighted by Gasteiger charge is -2.27. The number of aromatic nitrogens is 6. The highest BCUT2D eigenvalue weighted by atomic mass is 16.5. The third-order valence-corrected chi connectivity index (χ3v) is 16.4. The Bertz CT molecular complexity index is 3300. The summed E-state index contributed by atoms with van der Waals surface area (Å²) < 4.78 is 17.1. The van der Waals surface area contributed by atoms with Gasteiger partial charge in [0.05, 0.1) is 36.9 Å². The van der Waals surface area contributed by atoms with E-state index in [1.165, 1.54) is 66.8 Å². The number of nitrogens with zero attached hydrogens (tertiary/aromatic N) is 8. The fraction of sp³-hybridized carbons (Fsp3) is 0.455. The van der Waals surface area contributed by atoms with Crippen molar-refractivity contribution in [2.24, 2.45) is 0 Å². The highest BCUT2D eigenvalue weighted by Crippen LogP contribution is 2.37. The number of anilines is 3. The molecule has 7 N–H and O–H groups in total. The van der Waals surface area contributed by atoms with Gasteiger partial charge >= 0.3 is 18.0 Å². The predicted molar refractivity (Wildman–Crippen MR) is 326 cm³/mol. The van der Waals surface area contributed by atoms with E-state index in [0.29, 0.717) is 55.3 Å². The van der Waals surface area contributed by atoms with Crippen molar-refractivity contribution in [2.45, 2.75) is 144 Å². The standard InChI is InChI=1S/C23H30N4O.C22H28N4O.C21H26N4O/c1-3-5-12-28-23-25-21-18(8-9-20(21)22(24)26-23)14-16-6-7-19-15-27(4-2)11-10-17(19)13-16;1-3-4-11-27-22-24-20-17(7-8-19(20)21(23)25-22)13-15-5-6-18-14-26(2)10-9-16(18)12-15;1-2-3-10-26-21-24-19-16(6-7-18(19)20(22)25-21)12-14-4-5-17-13-23-9-8-15(17)11-14/h6-8,13H,3-5,9-12,14-15H2,1-2H3,(H2,24,25,26);5-7,12H,3-4,8-11,13-14H2,1-2H3,(H2,23,24,25);4-6,11,23H,2-3,7-10,12-13H2,1H3,(H2,22,24,25). The molecular weight excluding hydrogens is 1010 g/mol. The number of nitrogens with one attached hydrogen (secondary N) is 1. The molecule has 15 nitrogen and oxygen atoms in total. The van der Waals surface area contributed by atoms with Crippen molar-refractivity contribution in [1.29, 1.82) is 0 Å². The van der Waals surface area contributed by atoms with Crippen LogP contribution in [0.25, 0.3) is 16.7 Å². The average molecular weight is 1090 g/mol. The molecule has 6 heterocycles. The molecule has 0 saturated carbocycles. The van der Waals surface area contributed by atoms with E-state index in [1.54, 1.807) is 0 Å². The molecule has 0 unspecified atom stereocenters. The SMILES string of the molecule is CCCCOc1nc(N)c2c(n1)C(Cc1ccc3c(c1)CCN(C)C3)=CC2.CCCCOc1nc(N)c2c(n1)C(Cc1ccc3c(c1)CCN(CC)C3)=CC2.CCCCOc1nc(N)c2c(n1)C(Cc1ccc3c(c1)CCNC3)=CC2. The molecule has 0 bridgehead atoms. The van der Waals surface area contributed by atoms with E-state index in [-0.39, 0.29) is 0 Å². The molecule has 15 heteroatoms. The second-order valence-electron chi connectivity index (χ2n) is 22.4. The largest absolute Gasteiger partial charge is 0.463 e. The first kappa shape index (κ1) is 57.1. The van der Waals surface area contributed by atoms with Crippen LogP contribution >= 0.6 is 0 Å². The number of allylic oxidation sites excluding steroid dienone is 6. The second kappa shape index (κ2) is 27.0.